The first-order valence-electron chi connectivity index (χ1n) is 8.51. The number of hydrogen-bond donors (Lipinski definition) is 1. The normalized spacial score (nSPS) is 20.0. The topological polar surface area (TPSA) is 41.6 Å². The lowest BCUT2D eigenvalue weighted by molar-refractivity contribution is 0.149. The minimum atomic E-state index is -0.264. The maximum absolute atomic E-state index is 11.6. The van der Waals surface area contributed by atoms with E-state index in [1.54, 1.807) is 0 Å². The molecule has 1 aliphatic rings. The van der Waals surface area contributed by atoms with Crippen molar-refractivity contribution in [2.24, 2.45) is 5.92 Å². The third-order valence-electron chi connectivity index (χ3n) is 4.04. The van der Waals surface area contributed by atoms with E-state index in [1.165, 1.54) is 31.4 Å². The molecule has 6 heteroatoms. The molecule has 22 heavy (non-hydrogen) atoms. The number of likely N-dealkylation sites (tertiary alicyclic amines) is 1. The molecule has 0 saturated carbocycles. The molecule has 0 unspecified atom stereocenters. The van der Waals surface area contributed by atoms with Gasteiger partial charge in [-0.1, -0.05) is 54.7 Å². The molecule has 0 aromatic heterocycles. The van der Waals surface area contributed by atoms with Crippen molar-refractivity contribution >= 4 is 27.7 Å². The third-order valence-corrected chi connectivity index (χ3v) is 6.56. The number of carbonyl (C=O) groups is 1. The molecule has 0 spiro atoms. The first-order valence-corrected chi connectivity index (χ1v) is 11.0. The predicted octanol–water partition coefficient (Wildman–Crippen LogP) is 4.01. The maximum Gasteiger partial charge on any atom is 0.407 e. The zero-order valence-corrected chi connectivity index (χ0v) is 15.9. The van der Waals surface area contributed by atoms with Crippen LogP contribution >= 0.6 is 21.6 Å². The van der Waals surface area contributed by atoms with E-state index in [2.05, 4.69) is 31.1 Å². The third kappa shape index (κ3) is 9.16. The van der Waals surface area contributed by atoms with E-state index in [9.17, 15) is 4.79 Å². The Morgan fingerprint density at radius 2 is 2.23 bits per heavy atom. The number of rotatable bonds is 11. The maximum atomic E-state index is 11.6. The lowest BCUT2D eigenvalue weighted by atomic mass is 10.0. The molecule has 0 aromatic carbocycles. The minimum absolute atomic E-state index is 0.253. The van der Waals surface area contributed by atoms with Crippen LogP contribution in [-0.4, -0.2) is 55.3 Å². The fraction of sp³-hybridized carbons (Fsp3) is 0.938. The van der Waals surface area contributed by atoms with Crippen molar-refractivity contribution in [2.45, 2.75) is 52.0 Å². The van der Waals surface area contributed by atoms with Crippen molar-refractivity contribution in [1.82, 2.24) is 10.2 Å². The highest BCUT2D eigenvalue weighted by Crippen LogP contribution is 2.27. The summed E-state index contributed by atoms with van der Waals surface area (Å²) in [6.07, 6.45) is 5.99. The van der Waals surface area contributed by atoms with E-state index in [0.29, 0.717) is 6.61 Å². The molecule has 4 nitrogen and oxygen atoms in total. The molecule has 2 atom stereocenters. The van der Waals surface area contributed by atoms with Gasteiger partial charge in [-0.25, -0.2) is 4.79 Å². The van der Waals surface area contributed by atoms with Gasteiger partial charge in [-0.2, -0.15) is 0 Å². The van der Waals surface area contributed by atoms with Gasteiger partial charge in [0.2, 0.25) is 0 Å². The van der Waals surface area contributed by atoms with Crippen molar-refractivity contribution in [3.05, 3.63) is 0 Å². The molecule has 130 valence electrons. The van der Waals surface area contributed by atoms with Crippen LogP contribution in [0.4, 0.5) is 4.79 Å². The fourth-order valence-electron chi connectivity index (χ4n) is 2.53. The largest absolute Gasteiger partial charge is 0.449 e. The van der Waals surface area contributed by atoms with E-state index in [0.717, 1.165) is 31.2 Å². The summed E-state index contributed by atoms with van der Waals surface area (Å²) in [6, 6.07) is 0.253. The Morgan fingerprint density at radius 3 is 2.86 bits per heavy atom. The summed E-state index contributed by atoms with van der Waals surface area (Å²) in [6.45, 7) is 7.00. The number of nitrogens with one attached hydrogen (secondary N) is 1. The zero-order chi connectivity index (χ0) is 16.2. The first kappa shape index (κ1) is 20.0. The lowest BCUT2D eigenvalue weighted by Crippen LogP contribution is -2.37. The van der Waals surface area contributed by atoms with Gasteiger partial charge < -0.3 is 15.0 Å². The molecule has 0 bridgehead atoms. The molecule has 1 amide bonds. The molecule has 1 fully saturated rings. The highest BCUT2D eigenvalue weighted by molar-refractivity contribution is 8.76. The second-order valence-electron chi connectivity index (χ2n) is 6.05. The highest BCUT2D eigenvalue weighted by atomic mass is 33.1. The fourth-order valence-corrected chi connectivity index (χ4v) is 4.91. The van der Waals surface area contributed by atoms with Gasteiger partial charge in [0.25, 0.3) is 0 Å². The van der Waals surface area contributed by atoms with Crippen LogP contribution in [0, 0.1) is 5.92 Å². The lowest BCUT2D eigenvalue weighted by Gasteiger charge is -2.14. The number of likely N-dealkylation sites (N-methyl/N-ethyl adjacent to an activating group) is 1. The summed E-state index contributed by atoms with van der Waals surface area (Å²) in [7, 11) is 5.81. The van der Waals surface area contributed by atoms with E-state index < -0.39 is 0 Å². The van der Waals surface area contributed by atoms with E-state index in [4.69, 9.17) is 4.74 Å². The van der Waals surface area contributed by atoms with Gasteiger partial charge in [-0.3, -0.25) is 0 Å². The second-order valence-corrected chi connectivity index (χ2v) is 8.68. The van der Waals surface area contributed by atoms with Crippen molar-refractivity contribution in [2.75, 3.05) is 38.2 Å². The van der Waals surface area contributed by atoms with Gasteiger partial charge in [-0.05, 0) is 32.4 Å². The van der Waals surface area contributed by atoms with Crippen molar-refractivity contribution in [3.8, 4) is 0 Å². The Bertz CT molecular complexity index is 306. The van der Waals surface area contributed by atoms with Gasteiger partial charge in [-0.15, -0.1) is 0 Å². The minimum Gasteiger partial charge on any atom is -0.449 e. The number of ether oxygens (including phenoxy) is 1. The molecule has 0 aromatic rings. The molecule has 1 saturated heterocycles. The molecular weight excluding hydrogens is 316 g/mol. The first-order chi connectivity index (χ1) is 10.7. The summed E-state index contributed by atoms with van der Waals surface area (Å²) in [5.74, 6) is 2.91. The molecule has 0 radical (unpaired) electrons. The van der Waals surface area contributed by atoms with E-state index in [-0.39, 0.29) is 12.1 Å². The molecule has 1 heterocycles. The number of hydrogen-bond acceptors (Lipinski definition) is 5. The predicted molar refractivity (Wildman–Crippen MR) is 98.6 cm³/mol. The van der Waals surface area contributed by atoms with Crippen molar-refractivity contribution in [1.29, 1.82) is 0 Å². The number of nitrogens with zero attached hydrogens (tertiary/aromatic N) is 1. The summed E-state index contributed by atoms with van der Waals surface area (Å²) < 4.78 is 5.23. The monoisotopic (exact) mass is 348 g/mol. The Morgan fingerprint density at radius 1 is 1.41 bits per heavy atom. The Balaban J connectivity index is 1.95. The summed E-state index contributed by atoms with van der Waals surface area (Å²) in [5, 5.41) is 2.93. The van der Waals surface area contributed by atoms with Gasteiger partial charge in [0.1, 0.15) is 6.61 Å². The molecular formula is C16H32N2O2S2. The van der Waals surface area contributed by atoms with Crippen LogP contribution in [0.25, 0.3) is 0 Å². The van der Waals surface area contributed by atoms with Crippen molar-refractivity contribution in [3.63, 3.8) is 0 Å². The van der Waals surface area contributed by atoms with Gasteiger partial charge >= 0.3 is 6.09 Å². The summed E-state index contributed by atoms with van der Waals surface area (Å²) in [5.41, 5.74) is 0. The van der Waals surface area contributed by atoms with Gasteiger partial charge in [0, 0.05) is 24.1 Å². The number of alkyl carbamates (subject to hydrolysis) is 1. The number of carbonyl (C=O) groups excluding carboxylic acids is 1. The molecule has 0 aliphatic carbocycles. The number of amides is 1. The molecule has 1 rings (SSSR count). The number of unbranched alkanes of at least 4 members (excludes halogenated alkanes) is 1. The quantitative estimate of drug-likeness (QED) is 0.451. The molecule has 1 aliphatic heterocycles. The van der Waals surface area contributed by atoms with E-state index >= 15 is 0 Å². The standard InChI is InChI=1S/C16H32N2O2S2/c1-4-6-7-14(5-2)13-22-21-11-10-20-16(19)17-15-8-9-18(3)12-15/h14-15H,4-13H2,1-3H3,(H,17,19)/t14-,15-/m0/s1. The highest BCUT2D eigenvalue weighted by Gasteiger charge is 2.21. The zero-order valence-electron chi connectivity index (χ0n) is 14.3. The Kier molecular flexibility index (Phi) is 11.2. The van der Waals surface area contributed by atoms with Crippen LogP contribution in [-0.2, 0) is 4.74 Å². The van der Waals surface area contributed by atoms with Crippen LogP contribution in [0.1, 0.15) is 46.0 Å². The summed E-state index contributed by atoms with van der Waals surface area (Å²) >= 11 is 0. The van der Waals surface area contributed by atoms with Crippen LogP contribution < -0.4 is 5.32 Å². The summed E-state index contributed by atoms with van der Waals surface area (Å²) in [4.78, 5) is 13.9. The van der Waals surface area contributed by atoms with Crippen LogP contribution in [0.3, 0.4) is 0 Å². The Hall–Kier alpha value is -0.0700. The second kappa shape index (κ2) is 12.4. The van der Waals surface area contributed by atoms with Crippen LogP contribution in [0.15, 0.2) is 0 Å². The van der Waals surface area contributed by atoms with Crippen LogP contribution in [0.2, 0.25) is 0 Å². The Labute approximate surface area is 143 Å². The van der Waals surface area contributed by atoms with Crippen LogP contribution in [0.5, 0.6) is 0 Å². The van der Waals surface area contributed by atoms with Crippen molar-refractivity contribution < 1.29 is 9.53 Å². The SMILES string of the molecule is CCCC[C@H](CC)CSSCCOC(=O)N[C@H]1CCN(C)C1. The van der Waals surface area contributed by atoms with Gasteiger partial charge in [0.05, 0.1) is 0 Å². The average Bonchev–Trinajstić information content (AvgIpc) is 2.90. The average molecular weight is 349 g/mol. The smallest absolute Gasteiger partial charge is 0.407 e. The molecule has 1 N–H and O–H groups in total. The van der Waals surface area contributed by atoms with Gasteiger partial charge in [0.15, 0.2) is 0 Å². The van der Waals surface area contributed by atoms with E-state index in [1.807, 2.05) is 21.6 Å².